The minimum absolute atomic E-state index is 0.0268. The number of rotatable bonds is 3. The van der Waals surface area contributed by atoms with E-state index in [4.69, 9.17) is 16.3 Å². The van der Waals surface area contributed by atoms with Gasteiger partial charge in [-0.15, -0.1) is 5.10 Å². The smallest absolute Gasteiger partial charge is 0.267 e. The molecular formula is C12H10ClFN2O2. The van der Waals surface area contributed by atoms with Gasteiger partial charge < -0.3 is 4.74 Å². The van der Waals surface area contributed by atoms with Crippen LogP contribution in [0, 0.1) is 5.82 Å². The molecule has 0 aliphatic heterocycles. The number of halogens is 2. The Balaban J connectivity index is 2.36. The van der Waals surface area contributed by atoms with Crippen molar-refractivity contribution in [2.75, 3.05) is 7.11 Å². The van der Waals surface area contributed by atoms with E-state index in [2.05, 4.69) is 5.10 Å². The molecule has 0 spiro atoms. The molecule has 1 heterocycles. The second-order valence-corrected chi connectivity index (χ2v) is 4.04. The fourth-order valence-electron chi connectivity index (χ4n) is 1.46. The molecule has 0 fully saturated rings. The zero-order valence-corrected chi connectivity index (χ0v) is 10.3. The highest BCUT2D eigenvalue weighted by Gasteiger charge is 2.07. The van der Waals surface area contributed by atoms with Crippen LogP contribution >= 0.6 is 11.6 Å². The Morgan fingerprint density at radius 2 is 2.17 bits per heavy atom. The van der Waals surface area contributed by atoms with E-state index in [-0.39, 0.29) is 12.1 Å². The summed E-state index contributed by atoms with van der Waals surface area (Å²) in [6.45, 7) is 0.0268. The Hall–Kier alpha value is -1.88. The van der Waals surface area contributed by atoms with Gasteiger partial charge in [0.05, 0.1) is 13.7 Å². The summed E-state index contributed by atoms with van der Waals surface area (Å²) in [5.41, 5.74) is 0.00685. The van der Waals surface area contributed by atoms with Crippen LogP contribution in [0.25, 0.3) is 0 Å². The average Bonchev–Trinajstić information content (AvgIpc) is 2.35. The summed E-state index contributed by atoms with van der Waals surface area (Å²) in [7, 11) is 1.44. The fraction of sp³-hybridized carbons (Fsp3) is 0.167. The standard InChI is InChI=1S/C12H10ClFN2O2/c1-18-11-4-5-12(17)16(15-11)7-8-2-3-9(13)6-10(8)14/h2-6H,7H2,1H3. The van der Waals surface area contributed by atoms with Crippen LogP contribution in [0.15, 0.2) is 35.1 Å². The third kappa shape index (κ3) is 2.68. The van der Waals surface area contributed by atoms with E-state index in [0.717, 1.165) is 4.68 Å². The molecule has 0 saturated heterocycles. The van der Waals surface area contributed by atoms with Crippen LogP contribution in [0.2, 0.25) is 5.02 Å². The quantitative estimate of drug-likeness (QED) is 0.856. The molecule has 18 heavy (non-hydrogen) atoms. The van der Waals surface area contributed by atoms with Crippen molar-refractivity contribution in [2.24, 2.45) is 0 Å². The lowest BCUT2D eigenvalue weighted by Gasteiger charge is -2.07. The number of aromatic nitrogens is 2. The molecule has 0 atom stereocenters. The Morgan fingerprint density at radius 1 is 1.39 bits per heavy atom. The normalized spacial score (nSPS) is 10.4. The number of methoxy groups -OCH3 is 1. The predicted octanol–water partition coefficient (Wildman–Crippen LogP) is 2.09. The summed E-state index contributed by atoms with van der Waals surface area (Å²) in [6.07, 6.45) is 0. The molecule has 94 valence electrons. The molecule has 2 aromatic rings. The van der Waals surface area contributed by atoms with Gasteiger partial charge in [-0.25, -0.2) is 9.07 Å². The molecule has 2 rings (SSSR count). The third-order valence-electron chi connectivity index (χ3n) is 2.39. The van der Waals surface area contributed by atoms with E-state index in [1.54, 1.807) is 6.07 Å². The van der Waals surface area contributed by atoms with Gasteiger partial charge in [0.1, 0.15) is 5.82 Å². The Kier molecular flexibility index (Phi) is 3.62. The van der Waals surface area contributed by atoms with Crippen molar-refractivity contribution in [2.45, 2.75) is 6.54 Å². The molecule has 0 radical (unpaired) electrons. The maximum absolute atomic E-state index is 13.6. The van der Waals surface area contributed by atoms with E-state index in [9.17, 15) is 9.18 Å². The molecule has 0 N–H and O–H groups in total. The van der Waals surface area contributed by atoms with Gasteiger partial charge in [0.15, 0.2) is 0 Å². The summed E-state index contributed by atoms with van der Waals surface area (Å²) >= 11 is 5.65. The zero-order valence-electron chi connectivity index (χ0n) is 9.56. The van der Waals surface area contributed by atoms with Gasteiger partial charge in [0.2, 0.25) is 5.88 Å². The van der Waals surface area contributed by atoms with Crippen molar-refractivity contribution in [1.29, 1.82) is 0 Å². The summed E-state index contributed by atoms with van der Waals surface area (Å²) in [6, 6.07) is 7.05. The highest BCUT2D eigenvalue weighted by Crippen LogP contribution is 2.15. The van der Waals surface area contributed by atoms with Crippen LogP contribution < -0.4 is 10.3 Å². The lowest BCUT2D eigenvalue weighted by atomic mass is 10.2. The number of ether oxygens (including phenoxy) is 1. The predicted molar refractivity (Wildman–Crippen MR) is 65.6 cm³/mol. The van der Waals surface area contributed by atoms with Crippen molar-refractivity contribution in [3.63, 3.8) is 0 Å². The maximum Gasteiger partial charge on any atom is 0.267 e. The molecule has 0 amide bonds. The van der Waals surface area contributed by atoms with E-state index < -0.39 is 5.82 Å². The second-order valence-electron chi connectivity index (χ2n) is 3.61. The summed E-state index contributed by atoms with van der Waals surface area (Å²) in [4.78, 5) is 11.6. The first-order valence-electron chi connectivity index (χ1n) is 5.16. The van der Waals surface area contributed by atoms with E-state index in [1.807, 2.05) is 0 Å². The van der Waals surface area contributed by atoms with Crippen molar-refractivity contribution >= 4 is 11.6 Å². The van der Waals surface area contributed by atoms with Gasteiger partial charge in [-0.2, -0.15) is 0 Å². The summed E-state index contributed by atoms with van der Waals surface area (Å²) < 4.78 is 19.6. The molecule has 4 nitrogen and oxygen atoms in total. The molecule has 6 heteroatoms. The number of hydrogen-bond donors (Lipinski definition) is 0. The first-order valence-corrected chi connectivity index (χ1v) is 5.54. The van der Waals surface area contributed by atoms with Crippen molar-refractivity contribution in [3.05, 3.63) is 57.1 Å². The molecule has 1 aromatic heterocycles. The van der Waals surface area contributed by atoms with Crippen molar-refractivity contribution in [1.82, 2.24) is 9.78 Å². The third-order valence-corrected chi connectivity index (χ3v) is 2.62. The van der Waals surface area contributed by atoms with Gasteiger partial charge >= 0.3 is 0 Å². The van der Waals surface area contributed by atoms with Crippen molar-refractivity contribution < 1.29 is 9.13 Å². The van der Waals surface area contributed by atoms with E-state index in [0.29, 0.717) is 16.5 Å². The highest BCUT2D eigenvalue weighted by atomic mass is 35.5. The highest BCUT2D eigenvalue weighted by molar-refractivity contribution is 6.30. The van der Waals surface area contributed by atoms with Gasteiger partial charge in [0, 0.05) is 22.7 Å². The van der Waals surface area contributed by atoms with Crippen LogP contribution in [-0.2, 0) is 6.54 Å². The molecule has 0 aliphatic rings. The molecule has 1 aromatic carbocycles. The zero-order chi connectivity index (χ0) is 13.1. The number of hydrogen-bond acceptors (Lipinski definition) is 3. The largest absolute Gasteiger partial charge is 0.480 e. The monoisotopic (exact) mass is 268 g/mol. The maximum atomic E-state index is 13.6. The summed E-state index contributed by atoms with van der Waals surface area (Å²) in [5.74, 6) is -0.178. The van der Waals surface area contributed by atoms with Gasteiger partial charge in [-0.1, -0.05) is 17.7 Å². The lowest BCUT2D eigenvalue weighted by Crippen LogP contribution is -2.23. The number of benzene rings is 1. The Morgan fingerprint density at radius 3 is 2.83 bits per heavy atom. The molecular weight excluding hydrogens is 259 g/mol. The van der Waals surface area contributed by atoms with E-state index in [1.165, 1.54) is 31.4 Å². The molecule has 0 saturated carbocycles. The van der Waals surface area contributed by atoms with Crippen LogP contribution in [0.1, 0.15) is 5.56 Å². The van der Waals surface area contributed by atoms with E-state index >= 15 is 0 Å². The molecule has 0 bridgehead atoms. The van der Waals surface area contributed by atoms with Crippen LogP contribution in [0.5, 0.6) is 5.88 Å². The van der Waals surface area contributed by atoms with Gasteiger partial charge in [0.25, 0.3) is 5.56 Å². The molecule has 0 aliphatic carbocycles. The Bertz CT molecular complexity index is 628. The van der Waals surface area contributed by atoms with Crippen LogP contribution in [0.4, 0.5) is 4.39 Å². The average molecular weight is 269 g/mol. The van der Waals surface area contributed by atoms with Crippen LogP contribution in [-0.4, -0.2) is 16.9 Å². The van der Waals surface area contributed by atoms with Gasteiger partial charge in [-0.3, -0.25) is 4.79 Å². The minimum atomic E-state index is -0.473. The lowest BCUT2D eigenvalue weighted by molar-refractivity contribution is 0.378. The second kappa shape index (κ2) is 5.18. The summed E-state index contributed by atoms with van der Waals surface area (Å²) in [5, 5.41) is 4.24. The topological polar surface area (TPSA) is 44.1 Å². The molecule has 0 unspecified atom stereocenters. The van der Waals surface area contributed by atoms with Crippen molar-refractivity contribution in [3.8, 4) is 5.88 Å². The first kappa shape index (κ1) is 12.6. The minimum Gasteiger partial charge on any atom is -0.480 e. The fourth-order valence-corrected chi connectivity index (χ4v) is 1.62. The SMILES string of the molecule is COc1ccc(=O)n(Cc2ccc(Cl)cc2F)n1. The number of nitrogens with zero attached hydrogens (tertiary/aromatic N) is 2. The Labute approximate surface area is 108 Å². The van der Waals surface area contributed by atoms with Crippen LogP contribution in [0.3, 0.4) is 0 Å². The van der Waals surface area contributed by atoms with Gasteiger partial charge in [-0.05, 0) is 12.1 Å². The first-order chi connectivity index (χ1) is 8.60.